The summed E-state index contributed by atoms with van der Waals surface area (Å²) in [6.45, 7) is 0.761. The highest BCUT2D eigenvalue weighted by molar-refractivity contribution is 14.0. The van der Waals surface area contributed by atoms with E-state index in [1.165, 1.54) is 0 Å². The van der Waals surface area contributed by atoms with Gasteiger partial charge in [-0.1, -0.05) is 24.3 Å². The highest BCUT2D eigenvalue weighted by atomic mass is 127. The molecule has 1 aliphatic rings. The molecule has 1 aliphatic carbocycles. The molecule has 1 aromatic carbocycles. The first-order valence-electron chi connectivity index (χ1n) is 8.11. The number of hydrogen-bond donors (Lipinski definition) is 2. The first-order valence-corrected chi connectivity index (χ1v) is 8.11. The number of carbonyl (C=O) groups excluding carboxylic acids is 1. The zero-order valence-corrected chi connectivity index (χ0v) is 17.3. The van der Waals surface area contributed by atoms with Crippen LogP contribution in [0.25, 0.3) is 0 Å². The molecule has 2 N–H and O–H groups in total. The molecule has 0 aromatic heterocycles. The molecule has 1 amide bonds. The van der Waals surface area contributed by atoms with Crippen LogP contribution in [0.3, 0.4) is 0 Å². The molecular formula is C18H27IN4O2. The van der Waals surface area contributed by atoms with Crippen LogP contribution < -0.4 is 15.4 Å². The van der Waals surface area contributed by atoms with E-state index in [-0.39, 0.29) is 36.4 Å². The summed E-state index contributed by atoms with van der Waals surface area (Å²) in [4.78, 5) is 17.9. The van der Waals surface area contributed by atoms with Gasteiger partial charge in [-0.3, -0.25) is 4.79 Å². The monoisotopic (exact) mass is 458 g/mol. The highest BCUT2D eigenvalue weighted by Gasteiger charge is 2.13. The van der Waals surface area contributed by atoms with Crippen LogP contribution in [0, 0.1) is 0 Å². The predicted molar refractivity (Wildman–Crippen MR) is 112 cm³/mol. The number of nitrogens with one attached hydrogen (secondary N) is 2. The number of methoxy groups -OCH3 is 1. The van der Waals surface area contributed by atoms with Crippen molar-refractivity contribution in [1.29, 1.82) is 0 Å². The van der Waals surface area contributed by atoms with Crippen molar-refractivity contribution < 1.29 is 9.53 Å². The maximum atomic E-state index is 11.8. The lowest BCUT2D eigenvalue weighted by molar-refractivity contribution is -0.127. The summed E-state index contributed by atoms with van der Waals surface area (Å²) < 4.78 is 5.16. The Labute approximate surface area is 166 Å². The number of benzene rings is 1. The van der Waals surface area contributed by atoms with Crippen LogP contribution in [0.5, 0.6) is 5.75 Å². The lowest BCUT2D eigenvalue weighted by atomic mass is 10.2. The fraction of sp³-hybridized carbons (Fsp3) is 0.444. The van der Waals surface area contributed by atoms with E-state index in [1.807, 2.05) is 24.3 Å². The van der Waals surface area contributed by atoms with Gasteiger partial charge in [-0.05, 0) is 30.5 Å². The van der Waals surface area contributed by atoms with E-state index in [2.05, 4.69) is 27.8 Å². The van der Waals surface area contributed by atoms with E-state index in [1.54, 1.807) is 26.1 Å². The van der Waals surface area contributed by atoms with Crippen molar-refractivity contribution in [3.63, 3.8) is 0 Å². The number of hydrogen-bond acceptors (Lipinski definition) is 3. The van der Waals surface area contributed by atoms with Crippen molar-refractivity contribution in [2.45, 2.75) is 25.4 Å². The molecule has 0 radical (unpaired) electrons. The molecule has 0 saturated heterocycles. The first-order chi connectivity index (χ1) is 11.6. The minimum Gasteiger partial charge on any atom is -0.497 e. The van der Waals surface area contributed by atoms with E-state index in [0.717, 1.165) is 24.2 Å². The second-order valence-electron chi connectivity index (χ2n) is 5.94. The predicted octanol–water partition coefficient (Wildman–Crippen LogP) is 2.16. The zero-order chi connectivity index (χ0) is 17.4. The Kier molecular flexibility index (Phi) is 9.33. The van der Waals surface area contributed by atoms with Gasteiger partial charge in [-0.2, -0.15) is 0 Å². The topological polar surface area (TPSA) is 66.0 Å². The average molecular weight is 458 g/mol. The number of ether oxygens (including phenoxy) is 1. The minimum atomic E-state index is 0. The van der Waals surface area contributed by atoms with E-state index < -0.39 is 0 Å². The average Bonchev–Trinajstić information content (AvgIpc) is 3.10. The van der Waals surface area contributed by atoms with Crippen LogP contribution in [0.15, 0.2) is 41.4 Å². The van der Waals surface area contributed by atoms with Crippen LogP contribution >= 0.6 is 24.0 Å². The van der Waals surface area contributed by atoms with E-state index in [9.17, 15) is 4.79 Å². The van der Waals surface area contributed by atoms with Gasteiger partial charge in [-0.25, -0.2) is 4.99 Å². The van der Waals surface area contributed by atoms with Gasteiger partial charge in [0.2, 0.25) is 5.91 Å². The highest BCUT2D eigenvalue weighted by Crippen LogP contribution is 2.12. The van der Waals surface area contributed by atoms with Crippen molar-refractivity contribution in [2.75, 3.05) is 27.7 Å². The molecule has 0 aliphatic heterocycles. The van der Waals surface area contributed by atoms with Gasteiger partial charge in [0.25, 0.3) is 0 Å². The molecule has 0 spiro atoms. The number of rotatable bonds is 6. The molecular weight excluding hydrogens is 431 g/mol. The summed E-state index contributed by atoms with van der Waals surface area (Å²) in [6, 6.07) is 8.15. The van der Waals surface area contributed by atoms with Gasteiger partial charge in [0, 0.05) is 20.1 Å². The van der Waals surface area contributed by atoms with Crippen LogP contribution in [0.2, 0.25) is 0 Å². The third kappa shape index (κ3) is 7.33. The molecule has 0 unspecified atom stereocenters. The van der Waals surface area contributed by atoms with Crippen molar-refractivity contribution in [1.82, 2.24) is 15.5 Å². The molecule has 25 heavy (non-hydrogen) atoms. The molecule has 0 bridgehead atoms. The maximum absolute atomic E-state index is 11.8. The lowest BCUT2D eigenvalue weighted by Gasteiger charge is -2.18. The van der Waals surface area contributed by atoms with Crippen LogP contribution in [-0.4, -0.2) is 50.6 Å². The van der Waals surface area contributed by atoms with Crippen molar-refractivity contribution >= 4 is 35.8 Å². The molecule has 7 heteroatoms. The first kappa shape index (κ1) is 21.3. The zero-order valence-electron chi connectivity index (χ0n) is 15.0. The largest absolute Gasteiger partial charge is 0.497 e. The summed E-state index contributed by atoms with van der Waals surface area (Å²) in [7, 11) is 5.13. The van der Waals surface area contributed by atoms with Gasteiger partial charge in [0.1, 0.15) is 5.75 Å². The quantitative estimate of drug-likeness (QED) is 0.297. The Morgan fingerprint density at radius 1 is 1.24 bits per heavy atom. The normalized spacial score (nSPS) is 14.0. The summed E-state index contributed by atoms with van der Waals surface area (Å²) >= 11 is 0. The molecule has 6 nitrogen and oxygen atoms in total. The number of likely N-dealkylation sites (N-methyl/N-ethyl adjacent to an activating group) is 1. The van der Waals surface area contributed by atoms with E-state index in [0.29, 0.717) is 18.5 Å². The molecule has 0 fully saturated rings. The van der Waals surface area contributed by atoms with Gasteiger partial charge in [-0.15, -0.1) is 24.0 Å². The summed E-state index contributed by atoms with van der Waals surface area (Å²) in [5.41, 5.74) is 1.08. The standard InChI is InChI=1S/C18H26N4O2.HI/c1-22(2)17(23)13-20-18(21-15-6-4-5-7-15)19-12-14-8-10-16(24-3)11-9-14;/h4-5,8-11,15H,6-7,12-13H2,1-3H3,(H2,19,20,21);1H. The van der Waals surface area contributed by atoms with E-state index >= 15 is 0 Å². The van der Waals surface area contributed by atoms with Crippen molar-refractivity contribution in [3.05, 3.63) is 42.0 Å². The second kappa shape index (κ2) is 11.0. The number of nitrogens with zero attached hydrogens (tertiary/aromatic N) is 2. The van der Waals surface area contributed by atoms with Gasteiger partial charge < -0.3 is 20.3 Å². The fourth-order valence-corrected chi connectivity index (χ4v) is 2.30. The summed E-state index contributed by atoms with van der Waals surface area (Å²) in [5.74, 6) is 1.50. The maximum Gasteiger partial charge on any atom is 0.241 e. The number of halogens is 1. The Hall–Kier alpha value is -1.77. The third-order valence-electron chi connectivity index (χ3n) is 3.83. The molecule has 0 heterocycles. The number of amides is 1. The van der Waals surface area contributed by atoms with Crippen molar-refractivity contribution in [3.8, 4) is 5.75 Å². The molecule has 138 valence electrons. The van der Waals surface area contributed by atoms with Crippen molar-refractivity contribution in [2.24, 2.45) is 4.99 Å². The Balaban J connectivity index is 0.00000312. The Morgan fingerprint density at radius 2 is 1.88 bits per heavy atom. The third-order valence-corrected chi connectivity index (χ3v) is 3.83. The number of carbonyl (C=O) groups is 1. The summed E-state index contributed by atoms with van der Waals surface area (Å²) in [5, 5.41) is 6.50. The molecule has 0 saturated carbocycles. The van der Waals surface area contributed by atoms with Crippen LogP contribution in [0.4, 0.5) is 0 Å². The Bertz CT molecular complexity index is 592. The van der Waals surface area contributed by atoms with Gasteiger partial charge in [0.05, 0.1) is 20.2 Å². The van der Waals surface area contributed by atoms with Gasteiger partial charge >= 0.3 is 0 Å². The lowest BCUT2D eigenvalue weighted by Crippen LogP contribution is -2.46. The number of aliphatic imine (C=N–C) groups is 1. The van der Waals surface area contributed by atoms with Gasteiger partial charge in [0.15, 0.2) is 5.96 Å². The van der Waals surface area contributed by atoms with E-state index in [4.69, 9.17) is 4.74 Å². The number of guanidine groups is 1. The van der Waals surface area contributed by atoms with Crippen LogP contribution in [-0.2, 0) is 11.3 Å². The SMILES string of the molecule is COc1ccc(CN=C(NCC(=O)N(C)C)NC2CC=CC2)cc1.I. The molecule has 0 atom stereocenters. The fourth-order valence-electron chi connectivity index (χ4n) is 2.30. The summed E-state index contributed by atoms with van der Waals surface area (Å²) in [6.07, 6.45) is 6.27. The van der Waals surface area contributed by atoms with Crippen LogP contribution in [0.1, 0.15) is 18.4 Å². The molecule has 1 aromatic rings. The second-order valence-corrected chi connectivity index (χ2v) is 5.94. The Morgan fingerprint density at radius 3 is 2.44 bits per heavy atom. The minimum absolute atomic E-state index is 0. The molecule has 2 rings (SSSR count). The smallest absolute Gasteiger partial charge is 0.241 e.